The summed E-state index contributed by atoms with van der Waals surface area (Å²) >= 11 is 1.40. The number of aliphatic carboxylic acids is 1. The predicted octanol–water partition coefficient (Wildman–Crippen LogP) is 1.06. The molecule has 1 N–H and O–H groups in total. The number of thioether (sulfide) groups is 1. The first-order valence-corrected chi connectivity index (χ1v) is 5.57. The molecule has 0 rings (SSSR count). The van der Waals surface area contributed by atoms with Crippen LogP contribution in [0.2, 0.25) is 0 Å². The number of nitrogens with zero attached hydrogens (tertiary/aromatic N) is 1. The van der Waals surface area contributed by atoms with Crippen LogP contribution < -0.4 is 0 Å². The Bertz CT molecular complexity index is 240. The van der Waals surface area contributed by atoms with E-state index < -0.39 is 11.5 Å². The summed E-state index contributed by atoms with van der Waals surface area (Å²) in [6, 6.07) is 0. The molecule has 0 aromatic carbocycles. The molecule has 0 radical (unpaired) electrons. The highest BCUT2D eigenvalue weighted by Crippen LogP contribution is 2.17. The molecule has 0 bridgehead atoms. The number of hydrogen-bond donors (Lipinski definition) is 1. The molecule has 0 aromatic heterocycles. The molecule has 0 saturated carbocycles. The Morgan fingerprint density at radius 2 is 1.86 bits per heavy atom. The normalized spacial score (nSPS) is 13.5. The number of carbonyl (C=O) groups excluding carboxylic acids is 1. The van der Waals surface area contributed by atoms with Crippen molar-refractivity contribution in [1.29, 1.82) is 0 Å². The van der Waals surface area contributed by atoms with Crippen LogP contribution in [0.25, 0.3) is 0 Å². The lowest BCUT2D eigenvalue weighted by molar-refractivity contribution is -0.155. The van der Waals surface area contributed by atoms with E-state index in [-0.39, 0.29) is 11.2 Å². The molecule has 0 saturated heterocycles. The highest BCUT2D eigenvalue weighted by molar-refractivity contribution is 7.99. The highest BCUT2D eigenvalue weighted by Gasteiger charge is 2.36. The first-order valence-electron chi connectivity index (χ1n) is 4.29. The van der Waals surface area contributed by atoms with Crippen molar-refractivity contribution < 1.29 is 14.7 Å². The molecule has 0 heterocycles. The number of rotatable bonds is 4. The minimum Gasteiger partial charge on any atom is -0.480 e. The monoisotopic (exact) mass is 219 g/mol. The number of likely N-dealkylation sites (N-methyl/N-ethyl adjacent to an activating group) is 1. The van der Waals surface area contributed by atoms with E-state index in [2.05, 4.69) is 0 Å². The number of carboxylic acid groups (broad SMARTS) is 1. The van der Waals surface area contributed by atoms with Crippen LogP contribution in [0.1, 0.15) is 20.8 Å². The van der Waals surface area contributed by atoms with Crippen molar-refractivity contribution in [1.82, 2.24) is 4.90 Å². The third-order valence-electron chi connectivity index (χ3n) is 2.39. The van der Waals surface area contributed by atoms with Crippen LogP contribution in [0.15, 0.2) is 0 Å². The molecule has 1 amide bonds. The zero-order valence-electron chi connectivity index (χ0n) is 9.20. The van der Waals surface area contributed by atoms with Gasteiger partial charge in [-0.25, -0.2) is 4.79 Å². The van der Waals surface area contributed by atoms with Crippen molar-refractivity contribution >= 4 is 23.6 Å². The smallest absolute Gasteiger partial charge is 0.329 e. The molecule has 14 heavy (non-hydrogen) atoms. The fraction of sp³-hybridized carbons (Fsp3) is 0.778. The molecule has 4 nitrogen and oxygen atoms in total. The van der Waals surface area contributed by atoms with Crippen molar-refractivity contribution in [2.24, 2.45) is 0 Å². The molecule has 0 fully saturated rings. The second-order valence-electron chi connectivity index (χ2n) is 3.64. The quantitative estimate of drug-likeness (QED) is 0.768. The van der Waals surface area contributed by atoms with Gasteiger partial charge in [0.05, 0.1) is 5.25 Å². The number of hydrogen-bond acceptors (Lipinski definition) is 3. The maximum Gasteiger partial charge on any atom is 0.329 e. The van der Waals surface area contributed by atoms with Crippen LogP contribution in [0, 0.1) is 0 Å². The average Bonchev–Trinajstić information content (AvgIpc) is 2.13. The molecule has 1 unspecified atom stereocenters. The Kier molecular flexibility index (Phi) is 4.45. The largest absolute Gasteiger partial charge is 0.480 e. The van der Waals surface area contributed by atoms with Crippen LogP contribution in [-0.4, -0.2) is 46.0 Å². The molecule has 0 aliphatic rings. The molecular weight excluding hydrogens is 202 g/mol. The van der Waals surface area contributed by atoms with E-state index >= 15 is 0 Å². The van der Waals surface area contributed by atoms with Crippen molar-refractivity contribution in [2.75, 3.05) is 13.3 Å². The lowest BCUT2D eigenvalue weighted by Crippen LogP contribution is -2.52. The zero-order valence-corrected chi connectivity index (χ0v) is 10.0. The van der Waals surface area contributed by atoms with Gasteiger partial charge in [-0.15, -0.1) is 0 Å². The van der Waals surface area contributed by atoms with Crippen molar-refractivity contribution in [3.8, 4) is 0 Å². The Labute approximate surface area is 88.7 Å². The van der Waals surface area contributed by atoms with Gasteiger partial charge in [0.2, 0.25) is 5.91 Å². The zero-order chi connectivity index (χ0) is 11.5. The van der Waals surface area contributed by atoms with Crippen LogP contribution in [-0.2, 0) is 9.59 Å². The first-order chi connectivity index (χ1) is 6.25. The van der Waals surface area contributed by atoms with Gasteiger partial charge in [-0.2, -0.15) is 11.8 Å². The molecule has 0 aliphatic heterocycles. The first kappa shape index (κ1) is 13.3. The van der Waals surface area contributed by atoms with E-state index in [0.29, 0.717) is 0 Å². The molecule has 82 valence electrons. The van der Waals surface area contributed by atoms with E-state index in [0.717, 1.165) is 0 Å². The topological polar surface area (TPSA) is 57.6 Å². The number of carboxylic acids is 1. The van der Waals surface area contributed by atoms with Crippen molar-refractivity contribution in [2.45, 2.75) is 31.6 Å². The Morgan fingerprint density at radius 1 is 1.43 bits per heavy atom. The van der Waals surface area contributed by atoms with Crippen molar-refractivity contribution in [3.05, 3.63) is 0 Å². The highest BCUT2D eigenvalue weighted by atomic mass is 32.2. The van der Waals surface area contributed by atoms with Gasteiger partial charge in [-0.1, -0.05) is 0 Å². The molecule has 0 spiro atoms. The van der Waals surface area contributed by atoms with Gasteiger partial charge in [0, 0.05) is 7.05 Å². The van der Waals surface area contributed by atoms with Gasteiger partial charge >= 0.3 is 5.97 Å². The van der Waals surface area contributed by atoms with Gasteiger partial charge < -0.3 is 10.0 Å². The summed E-state index contributed by atoms with van der Waals surface area (Å²) in [5, 5.41) is 8.70. The summed E-state index contributed by atoms with van der Waals surface area (Å²) in [6.07, 6.45) is 1.82. The van der Waals surface area contributed by atoms with Gasteiger partial charge in [0.15, 0.2) is 0 Å². The molecule has 5 heteroatoms. The average molecular weight is 219 g/mol. The van der Waals surface area contributed by atoms with E-state index in [9.17, 15) is 9.59 Å². The molecule has 0 aliphatic carbocycles. The standard InChI is InChI=1S/C9H17NO3S/c1-6(14-5)7(11)10(4)9(2,3)8(12)13/h6H,1-5H3,(H,12,13). The Balaban J connectivity index is 4.69. The Morgan fingerprint density at radius 3 is 2.14 bits per heavy atom. The van der Waals surface area contributed by atoms with E-state index in [1.165, 1.54) is 37.6 Å². The Hall–Kier alpha value is -0.710. The van der Waals surface area contributed by atoms with Gasteiger partial charge in [0.25, 0.3) is 0 Å². The summed E-state index contributed by atoms with van der Waals surface area (Å²) in [7, 11) is 1.52. The number of amides is 1. The third kappa shape index (κ3) is 2.64. The second kappa shape index (κ2) is 4.68. The second-order valence-corrected chi connectivity index (χ2v) is 4.82. The van der Waals surface area contributed by atoms with Crippen LogP contribution >= 0.6 is 11.8 Å². The SMILES string of the molecule is CSC(C)C(=O)N(C)C(C)(C)C(=O)O. The molecule has 1 atom stereocenters. The van der Waals surface area contributed by atoms with Gasteiger partial charge in [-0.3, -0.25) is 4.79 Å². The van der Waals surface area contributed by atoms with E-state index in [1.807, 2.05) is 6.26 Å². The van der Waals surface area contributed by atoms with Crippen LogP contribution in [0.5, 0.6) is 0 Å². The minimum absolute atomic E-state index is 0.162. The number of carbonyl (C=O) groups is 2. The summed E-state index contributed by atoms with van der Waals surface area (Å²) < 4.78 is 0. The predicted molar refractivity (Wildman–Crippen MR) is 57.5 cm³/mol. The van der Waals surface area contributed by atoms with Crippen molar-refractivity contribution in [3.63, 3.8) is 0 Å². The summed E-state index contributed by atoms with van der Waals surface area (Å²) in [5.74, 6) is -1.16. The molecule has 0 aromatic rings. The van der Waals surface area contributed by atoms with Crippen LogP contribution in [0.3, 0.4) is 0 Å². The van der Waals surface area contributed by atoms with Gasteiger partial charge in [-0.05, 0) is 27.0 Å². The van der Waals surface area contributed by atoms with Crippen LogP contribution in [0.4, 0.5) is 0 Å². The summed E-state index contributed by atoms with van der Waals surface area (Å²) in [4.78, 5) is 23.8. The van der Waals surface area contributed by atoms with E-state index in [1.54, 1.807) is 6.92 Å². The lowest BCUT2D eigenvalue weighted by Gasteiger charge is -2.33. The maximum absolute atomic E-state index is 11.7. The fourth-order valence-electron chi connectivity index (χ4n) is 0.792. The lowest BCUT2D eigenvalue weighted by atomic mass is 10.0. The minimum atomic E-state index is -1.15. The maximum atomic E-state index is 11.7. The molecular formula is C9H17NO3S. The summed E-state index contributed by atoms with van der Waals surface area (Å²) in [5.41, 5.74) is -1.15. The summed E-state index contributed by atoms with van der Waals surface area (Å²) in [6.45, 7) is 4.79. The van der Waals surface area contributed by atoms with E-state index in [4.69, 9.17) is 5.11 Å². The fourth-order valence-corrected chi connectivity index (χ4v) is 1.15. The van der Waals surface area contributed by atoms with Gasteiger partial charge in [0.1, 0.15) is 5.54 Å². The third-order valence-corrected chi connectivity index (χ3v) is 3.30.